The number of anilines is 1. The van der Waals surface area contributed by atoms with Crippen LogP contribution in [0, 0.1) is 11.7 Å². The summed E-state index contributed by atoms with van der Waals surface area (Å²) in [7, 11) is 0. The molecule has 0 spiro atoms. The molecule has 6 heteroatoms. The van der Waals surface area contributed by atoms with Gasteiger partial charge < -0.3 is 10.2 Å². The molecule has 2 aliphatic rings. The van der Waals surface area contributed by atoms with Crippen molar-refractivity contribution in [1.82, 2.24) is 9.80 Å². The summed E-state index contributed by atoms with van der Waals surface area (Å²) in [4.78, 5) is 28.6. The normalized spacial score (nSPS) is 21.2. The summed E-state index contributed by atoms with van der Waals surface area (Å²) in [5.74, 6) is -0.175. The van der Waals surface area contributed by atoms with E-state index in [-0.39, 0.29) is 30.1 Å². The molecule has 25 heavy (non-hydrogen) atoms. The van der Waals surface area contributed by atoms with Crippen molar-refractivity contribution in [2.24, 2.45) is 5.92 Å². The summed E-state index contributed by atoms with van der Waals surface area (Å²) in [5.41, 5.74) is 0.462. The predicted molar refractivity (Wildman–Crippen MR) is 94.5 cm³/mol. The van der Waals surface area contributed by atoms with E-state index in [9.17, 15) is 14.0 Å². The minimum atomic E-state index is -0.373. The molecule has 1 aliphatic heterocycles. The third-order valence-electron chi connectivity index (χ3n) is 4.78. The van der Waals surface area contributed by atoms with E-state index in [0.717, 1.165) is 19.3 Å². The number of nitrogens with zero attached hydrogens (tertiary/aromatic N) is 2. The van der Waals surface area contributed by atoms with Gasteiger partial charge in [-0.3, -0.25) is 14.5 Å². The zero-order valence-electron chi connectivity index (χ0n) is 14.3. The molecule has 1 aromatic carbocycles. The first-order valence-corrected chi connectivity index (χ1v) is 8.83. The Morgan fingerprint density at radius 1 is 1.16 bits per heavy atom. The topological polar surface area (TPSA) is 52.7 Å². The highest BCUT2D eigenvalue weighted by Gasteiger charge is 2.27. The quantitative estimate of drug-likeness (QED) is 0.852. The zero-order chi connectivity index (χ0) is 17.6. The van der Waals surface area contributed by atoms with Gasteiger partial charge in [-0.15, -0.1) is 0 Å². The SMILES string of the molecule is O=C(CN1CCN(C(=O)[C@H]2CC=CCC2)CC1)Nc1cccc(F)c1. The van der Waals surface area contributed by atoms with E-state index in [1.165, 1.54) is 12.1 Å². The Labute approximate surface area is 147 Å². The molecule has 0 saturated carbocycles. The van der Waals surface area contributed by atoms with Crippen molar-refractivity contribution in [3.63, 3.8) is 0 Å². The molecule has 134 valence electrons. The summed E-state index contributed by atoms with van der Waals surface area (Å²) in [6, 6.07) is 5.87. The highest BCUT2D eigenvalue weighted by molar-refractivity contribution is 5.92. The second kappa shape index (κ2) is 8.25. The maximum atomic E-state index is 13.1. The highest BCUT2D eigenvalue weighted by atomic mass is 19.1. The Morgan fingerprint density at radius 3 is 2.64 bits per heavy atom. The van der Waals surface area contributed by atoms with E-state index in [1.807, 2.05) is 9.80 Å². The van der Waals surface area contributed by atoms with Gasteiger partial charge in [-0.25, -0.2) is 4.39 Å². The van der Waals surface area contributed by atoms with Crippen LogP contribution in [-0.2, 0) is 9.59 Å². The van der Waals surface area contributed by atoms with Crippen molar-refractivity contribution in [1.29, 1.82) is 0 Å². The van der Waals surface area contributed by atoms with E-state index in [2.05, 4.69) is 17.5 Å². The average molecular weight is 345 g/mol. The number of benzene rings is 1. The fourth-order valence-corrected chi connectivity index (χ4v) is 3.37. The van der Waals surface area contributed by atoms with E-state index in [1.54, 1.807) is 12.1 Å². The predicted octanol–water partition coefficient (Wildman–Crippen LogP) is 2.26. The summed E-state index contributed by atoms with van der Waals surface area (Å²) < 4.78 is 13.1. The molecule has 0 bridgehead atoms. The summed E-state index contributed by atoms with van der Waals surface area (Å²) in [6.07, 6.45) is 7.00. The lowest BCUT2D eigenvalue weighted by Gasteiger charge is -2.36. The van der Waals surface area contributed by atoms with Gasteiger partial charge in [0.05, 0.1) is 6.54 Å². The van der Waals surface area contributed by atoms with Crippen molar-refractivity contribution in [2.75, 3.05) is 38.0 Å². The molecule has 1 aromatic rings. The Bertz CT molecular complexity index is 654. The van der Waals surface area contributed by atoms with Crippen molar-refractivity contribution in [2.45, 2.75) is 19.3 Å². The molecule has 1 saturated heterocycles. The second-order valence-corrected chi connectivity index (χ2v) is 6.64. The van der Waals surface area contributed by atoms with Crippen LogP contribution < -0.4 is 5.32 Å². The van der Waals surface area contributed by atoms with Crippen LogP contribution in [-0.4, -0.2) is 54.3 Å². The molecule has 3 rings (SSSR count). The number of carbonyl (C=O) groups is 2. The van der Waals surface area contributed by atoms with Crippen LogP contribution in [0.3, 0.4) is 0 Å². The molecule has 1 N–H and O–H groups in total. The maximum absolute atomic E-state index is 13.1. The first kappa shape index (κ1) is 17.6. The van der Waals surface area contributed by atoms with E-state index in [0.29, 0.717) is 31.9 Å². The number of hydrogen-bond donors (Lipinski definition) is 1. The minimum absolute atomic E-state index is 0.118. The van der Waals surface area contributed by atoms with Gasteiger partial charge >= 0.3 is 0 Å². The summed E-state index contributed by atoms with van der Waals surface area (Å²) in [5, 5.41) is 2.71. The van der Waals surface area contributed by atoms with Gasteiger partial charge in [0.1, 0.15) is 5.82 Å². The van der Waals surface area contributed by atoms with Gasteiger partial charge in [0, 0.05) is 37.8 Å². The van der Waals surface area contributed by atoms with E-state index >= 15 is 0 Å². The molecule has 1 heterocycles. The molecule has 5 nitrogen and oxygen atoms in total. The molecular formula is C19H24FN3O2. The fourth-order valence-electron chi connectivity index (χ4n) is 3.37. The Balaban J connectivity index is 1.43. The Kier molecular flexibility index (Phi) is 5.81. The number of hydrogen-bond acceptors (Lipinski definition) is 3. The van der Waals surface area contributed by atoms with Gasteiger partial charge in [-0.1, -0.05) is 18.2 Å². The van der Waals surface area contributed by atoms with Gasteiger partial charge in [-0.2, -0.15) is 0 Å². The standard InChI is InChI=1S/C19H24FN3O2/c20-16-7-4-8-17(13-16)21-18(24)14-22-9-11-23(12-10-22)19(25)15-5-2-1-3-6-15/h1-2,4,7-8,13,15H,3,5-6,9-12,14H2,(H,21,24)/t15-/m0/s1. The number of nitrogens with one attached hydrogen (secondary N) is 1. The third-order valence-corrected chi connectivity index (χ3v) is 4.78. The molecule has 0 aromatic heterocycles. The average Bonchev–Trinajstić information content (AvgIpc) is 2.62. The van der Waals surface area contributed by atoms with Gasteiger partial charge in [0.25, 0.3) is 0 Å². The molecule has 1 aliphatic carbocycles. The number of rotatable bonds is 4. The van der Waals surface area contributed by atoms with Crippen LogP contribution in [0.4, 0.5) is 10.1 Å². The number of carbonyl (C=O) groups excluding carboxylic acids is 2. The van der Waals surface area contributed by atoms with Gasteiger partial charge in [-0.05, 0) is 37.5 Å². The van der Waals surface area contributed by atoms with Crippen LogP contribution in [0.2, 0.25) is 0 Å². The lowest BCUT2D eigenvalue weighted by Crippen LogP contribution is -2.51. The lowest BCUT2D eigenvalue weighted by molar-refractivity contribution is -0.137. The maximum Gasteiger partial charge on any atom is 0.238 e. The van der Waals surface area contributed by atoms with Crippen LogP contribution in [0.5, 0.6) is 0 Å². The van der Waals surface area contributed by atoms with Crippen molar-refractivity contribution in [3.05, 3.63) is 42.2 Å². The van der Waals surface area contributed by atoms with Crippen LogP contribution >= 0.6 is 0 Å². The fraction of sp³-hybridized carbons (Fsp3) is 0.474. The zero-order valence-corrected chi connectivity index (χ0v) is 14.3. The molecule has 1 atom stereocenters. The smallest absolute Gasteiger partial charge is 0.238 e. The molecule has 2 amide bonds. The van der Waals surface area contributed by atoms with Crippen LogP contribution in [0.15, 0.2) is 36.4 Å². The van der Waals surface area contributed by atoms with Crippen molar-refractivity contribution >= 4 is 17.5 Å². The third kappa shape index (κ3) is 4.89. The highest BCUT2D eigenvalue weighted by Crippen LogP contribution is 2.21. The summed E-state index contributed by atoms with van der Waals surface area (Å²) >= 11 is 0. The van der Waals surface area contributed by atoms with E-state index < -0.39 is 0 Å². The van der Waals surface area contributed by atoms with Crippen molar-refractivity contribution in [3.8, 4) is 0 Å². The van der Waals surface area contributed by atoms with E-state index in [4.69, 9.17) is 0 Å². The molecule has 0 radical (unpaired) electrons. The molecular weight excluding hydrogens is 321 g/mol. The Hall–Kier alpha value is -2.21. The monoisotopic (exact) mass is 345 g/mol. The minimum Gasteiger partial charge on any atom is -0.340 e. The van der Waals surface area contributed by atoms with Crippen molar-refractivity contribution < 1.29 is 14.0 Å². The van der Waals surface area contributed by atoms with Gasteiger partial charge in [0.2, 0.25) is 11.8 Å². The first-order valence-electron chi connectivity index (χ1n) is 8.83. The van der Waals surface area contributed by atoms with Gasteiger partial charge in [0.15, 0.2) is 0 Å². The summed E-state index contributed by atoms with van der Waals surface area (Å²) in [6.45, 7) is 2.94. The van der Waals surface area contributed by atoms with Crippen LogP contribution in [0.1, 0.15) is 19.3 Å². The molecule has 1 fully saturated rings. The first-order chi connectivity index (χ1) is 12.1. The number of allylic oxidation sites excluding steroid dienone is 2. The number of amides is 2. The lowest BCUT2D eigenvalue weighted by atomic mass is 9.93. The number of piperazine rings is 1. The Morgan fingerprint density at radius 2 is 1.96 bits per heavy atom. The number of halogens is 1. The second-order valence-electron chi connectivity index (χ2n) is 6.64. The molecule has 0 unspecified atom stereocenters. The van der Waals surface area contributed by atoms with Crippen LogP contribution in [0.25, 0.3) is 0 Å². The largest absolute Gasteiger partial charge is 0.340 e.